The average molecular weight is 465 g/mol. The monoisotopic (exact) mass is 464 g/mol. The van der Waals surface area contributed by atoms with Crippen LogP contribution in [0, 0.1) is 0 Å². The number of sulfonamides is 1. The third-order valence-electron chi connectivity index (χ3n) is 5.97. The summed E-state index contributed by atoms with van der Waals surface area (Å²) in [4.78, 5) is 19.2. The van der Waals surface area contributed by atoms with Gasteiger partial charge in [0.2, 0.25) is 15.9 Å². The number of benzene rings is 2. The van der Waals surface area contributed by atoms with Gasteiger partial charge in [0, 0.05) is 37.6 Å². The number of carbonyl (C=O) groups is 1. The number of nitrogens with zero attached hydrogens (tertiary/aromatic N) is 3. The van der Waals surface area contributed by atoms with E-state index in [1.165, 1.54) is 4.31 Å². The molecule has 0 saturated carbocycles. The van der Waals surface area contributed by atoms with Gasteiger partial charge >= 0.3 is 0 Å². The van der Waals surface area contributed by atoms with Crippen LogP contribution in [0.2, 0.25) is 0 Å². The Labute approximate surface area is 192 Å². The summed E-state index contributed by atoms with van der Waals surface area (Å²) in [6.07, 6.45) is 3.48. The van der Waals surface area contributed by atoms with Crippen molar-refractivity contribution in [1.29, 1.82) is 0 Å². The molecule has 2 aromatic carbocycles. The van der Waals surface area contributed by atoms with E-state index in [1.807, 2.05) is 35.2 Å². The molecular formula is C24H24N4O4S. The van der Waals surface area contributed by atoms with E-state index in [-0.39, 0.29) is 36.5 Å². The number of nitrogens with one attached hydrogen (secondary N) is 1. The fourth-order valence-electron chi connectivity index (χ4n) is 4.22. The van der Waals surface area contributed by atoms with Crippen molar-refractivity contribution in [2.45, 2.75) is 10.9 Å². The van der Waals surface area contributed by atoms with Crippen molar-refractivity contribution in [3.63, 3.8) is 0 Å². The number of piperazine rings is 1. The molecule has 0 bridgehead atoms. The number of hydrogen-bond donors (Lipinski definition) is 1. The molecular weight excluding hydrogens is 440 g/mol. The smallest absolute Gasteiger partial charge is 0.243 e. The first-order valence-corrected chi connectivity index (χ1v) is 12.2. The topological polar surface area (TPSA) is 91.8 Å². The number of anilines is 1. The molecule has 3 aromatic rings. The molecule has 1 N–H and O–H groups in total. The molecule has 0 radical (unpaired) electrons. The average Bonchev–Trinajstić information content (AvgIpc) is 2.91. The van der Waals surface area contributed by atoms with Crippen LogP contribution >= 0.6 is 0 Å². The Balaban J connectivity index is 1.38. The molecule has 0 unspecified atom stereocenters. The molecule has 0 spiro atoms. The summed E-state index contributed by atoms with van der Waals surface area (Å²) in [6.45, 7) is 1.47. The summed E-state index contributed by atoms with van der Waals surface area (Å²) in [5.41, 5.74) is 2.45. The maximum Gasteiger partial charge on any atom is 0.243 e. The van der Waals surface area contributed by atoms with E-state index in [0.29, 0.717) is 24.5 Å². The van der Waals surface area contributed by atoms with Gasteiger partial charge in [0.25, 0.3) is 0 Å². The van der Waals surface area contributed by atoms with Gasteiger partial charge in [-0.1, -0.05) is 30.3 Å². The molecule has 5 rings (SSSR count). The van der Waals surface area contributed by atoms with Gasteiger partial charge in [0.1, 0.15) is 12.4 Å². The maximum absolute atomic E-state index is 13.1. The van der Waals surface area contributed by atoms with Gasteiger partial charge in [-0.15, -0.1) is 0 Å². The standard InChI is InChI=1S/C24H24N4O4S/c29-24-16-27-11-12-28(33(30,31)21-6-2-1-3-7-21)15-20(27)17-32-23-9-8-18(13-22(23)26-24)19-5-4-10-25-14-19/h1-10,13-14,20H,11-12,15-17H2,(H,26,29)/t20-/m0/s1. The molecule has 1 aromatic heterocycles. The lowest BCUT2D eigenvalue weighted by Crippen LogP contribution is -2.57. The summed E-state index contributed by atoms with van der Waals surface area (Å²) in [6, 6.07) is 17.6. The van der Waals surface area contributed by atoms with Crippen LogP contribution in [-0.4, -0.2) is 67.3 Å². The van der Waals surface area contributed by atoms with Gasteiger partial charge in [-0.3, -0.25) is 14.7 Å². The number of aromatic nitrogens is 1. The highest BCUT2D eigenvalue weighted by Crippen LogP contribution is 2.32. The zero-order valence-electron chi connectivity index (χ0n) is 17.9. The lowest BCUT2D eigenvalue weighted by molar-refractivity contribution is -0.118. The zero-order chi connectivity index (χ0) is 22.8. The van der Waals surface area contributed by atoms with Crippen molar-refractivity contribution < 1.29 is 17.9 Å². The quantitative estimate of drug-likeness (QED) is 0.640. The molecule has 0 aliphatic carbocycles. The number of rotatable bonds is 3. The largest absolute Gasteiger partial charge is 0.490 e. The minimum Gasteiger partial charge on any atom is -0.490 e. The summed E-state index contributed by atoms with van der Waals surface area (Å²) in [5.74, 6) is 0.398. The third-order valence-corrected chi connectivity index (χ3v) is 7.85. The highest BCUT2D eigenvalue weighted by molar-refractivity contribution is 7.89. The van der Waals surface area contributed by atoms with Crippen LogP contribution in [0.25, 0.3) is 11.1 Å². The van der Waals surface area contributed by atoms with Crippen LogP contribution in [0.15, 0.2) is 78.0 Å². The van der Waals surface area contributed by atoms with Gasteiger partial charge in [0.15, 0.2) is 0 Å². The van der Waals surface area contributed by atoms with Crippen molar-refractivity contribution >= 4 is 21.6 Å². The fourth-order valence-corrected chi connectivity index (χ4v) is 5.71. The van der Waals surface area contributed by atoms with Crippen molar-refractivity contribution in [3.05, 3.63) is 73.1 Å². The minimum absolute atomic E-state index is 0.158. The number of carbonyl (C=O) groups excluding carboxylic acids is 1. The van der Waals surface area contributed by atoms with Gasteiger partial charge in [-0.25, -0.2) is 8.42 Å². The highest BCUT2D eigenvalue weighted by atomic mass is 32.2. The predicted octanol–water partition coefficient (Wildman–Crippen LogP) is 2.45. The molecule has 9 heteroatoms. The Morgan fingerprint density at radius 2 is 1.85 bits per heavy atom. The molecule has 2 aliphatic rings. The van der Waals surface area contributed by atoms with Crippen LogP contribution < -0.4 is 10.1 Å². The SMILES string of the molecule is O=C1CN2CCN(S(=O)(=O)c3ccccc3)C[C@H]2COc2ccc(-c3cccnc3)cc2N1. The van der Waals surface area contributed by atoms with E-state index in [0.717, 1.165) is 11.1 Å². The van der Waals surface area contributed by atoms with Gasteiger partial charge in [-0.05, 0) is 35.9 Å². The molecule has 33 heavy (non-hydrogen) atoms. The lowest BCUT2D eigenvalue weighted by atomic mass is 10.1. The van der Waals surface area contributed by atoms with E-state index < -0.39 is 10.0 Å². The van der Waals surface area contributed by atoms with Crippen LogP contribution in [-0.2, 0) is 14.8 Å². The van der Waals surface area contributed by atoms with E-state index in [9.17, 15) is 13.2 Å². The van der Waals surface area contributed by atoms with Gasteiger partial charge in [0.05, 0.1) is 23.2 Å². The number of ether oxygens (including phenoxy) is 1. The predicted molar refractivity (Wildman–Crippen MR) is 124 cm³/mol. The molecule has 1 amide bonds. The number of hydrogen-bond acceptors (Lipinski definition) is 6. The number of fused-ring (bicyclic) bond motifs is 2. The summed E-state index contributed by atoms with van der Waals surface area (Å²) in [7, 11) is -3.61. The zero-order valence-corrected chi connectivity index (χ0v) is 18.7. The second-order valence-corrected chi connectivity index (χ2v) is 10.1. The Bertz CT molecular complexity index is 1250. The van der Waals surface area contributed by atoms with E-state index in [1.54, 1.807) is 42.7 Å². The van der Waals surface area contributed by atoms with Gasteiger partial charge in [-0.2, -0.15) is 4.31 Å². The van der Waals surface area contributed by atoms with E-state index in [4.69, 9.17) is 4.74 Å². The lowest BCUT2D eigenvalue weighted by Gasteiger charge is -2.39. The van der Waals surface area contributed by atoms with E-state index in [2.05, 4.69) is 10.3 Å². The van der Waals surface area contributed by atoms with Crippen molar-refractivity contribution in [1.82, 2.24) is 14.2 Å². The van der Waals surface area contributed by atoms with E-state index >= 15 is 0 Å². The van der Waals surface area contributed by atoms with Crippen LogP contribution in [0.4, 0.5) is 5.69 Å². The molecule has 3 heterocycles. The minimum atomic E-state index is -3.61. The van der Waals surface area contributed by atoms with Crippen LogP contribution in [0.1, 0.15) is 0 Å². The Kier molecular flexibility index (Phi) is 5.84. The second-order valence-electron chi connectivity index (χ2n) is 8.11. The summed E-state index contributed by atoms with van der Waals surface area (Å²) in [5, 5.41) is 2.96. The second kappa shape index (κ2) is 8.93. The van der Waals surface area contributed by atoms with Crippen LogP contribution in [0.3, 0.4) is 0 Å². The highest BCUT2D eigenvalue weighted by Gasteiger charge is 2.36. The fraction of sp³-hybridized carbons (Fsp3) is 0.250. The van der Waals surface area contributed by atoms with Gasteiger partial charge < -0.3 is 10.1 Å². The van der Waals surface area contributed by atoms with Crippen LogP contribution in [0.5, 0.6) is 5.75 Å². The summed E-state index contributed by atoms with van der Waals surface area (Å²) >= 11 is 0. The summed E-state index contributed by atoms with van der Waals surface area (Å²) < 4.78 is 33.8. The first-order valence-electron chi connectivity index (χ1n) is 10.8. The molecule has 1 saturated heterocycles. The Morgan fingerprint density at radius 3 is 2.64 bits per heavy atom. The molecule has 1 atom stereocenters. The molecule has 1 fully saturated rings. The molecule has 8 nitrogen and oxygen atoms in total. The Hall–Kier alpha value is -3.27. The third kappa shape index (κ3) is 4.47. The number of pyridine rings is 1. The number of amides is 1. The Morgan fingerprint density at radius 1 is 1.00 bits per heavy atom. The van der Waals surface area contributed by atoms with Crippen molar-refractivity contribution in [2.75, 3.05) is 38.1 Å². The molecule has 2 aliphatic heterocycles. The van der Waals surface area contributed by atoms with Crippen molar-refractivity contribution in [3.8, 4) is 16.9 Å². The first kappa shape index (κ1) is 21.6. The van der Waals surface area contributed by atoms with Crippen molar-refractivity contribution in [2.24, 2.45) is 0 Å². The normalized spacial score (nSPS) is 19.8. The first-order chi connectivity index (χ1) is 16.0. The maximum atomic E-state index is 13.1. The molecule has 170 valence electrons.